The van der Waals surface area contributed by atoms with Crippen molar-refractivity contribution in [2.75, 3.05) is 18.3 Å². The van der Waals surface area contributed by atoms with Gasteiger partial charge in [0.2, 0.25) is 11.8 Å². The molecule has 2 amide bonds. The molecule has 0 N–H and O–H groups in total. The van der Waals surface area contributed by atoms with Crippen LogP contribution in [0.15, 0.2) is 84.9 Å². The molecule has 2 fully saturated rings. The lowest BCUT2D eigenvalue weighted by molar-refractivity contribution is -0.384. The first-order chi connectivity index (χ1) is 22.9. The molecule has 8 nitrogen and oxygen atoms in total. The number of non-ortho nitro benzene ring substituents is 1. The SMILES string of the molecule is O=C1[C@@H]2[C@@H]3c4ccccc4[C@@H](c4cc5c(cc43)C[C@@H]3Cc4ccccc4C[C@H](C5)C34COCO4)[C@@H]2C(=O)N1c1ccc([N+](=O)[O-])cc1. The predicted molar refractivity (Wildman–Crippen MR) is 172 cm³/mol. The number of carbonyl (C=O) groups is 2. The Morgan fingerprint density at radius 1 is 0.681 bits per heavy atom. The summed E-state index contributed by atoms with van der Waals surface area (Å²) in [4.78, 5) is 40.8. The zero-order valence-electron chi connectivity index (χ0n) is 25.6. The van der Waals surface area contributed by atoms with Crippen molar-refractivity contribution in [2.24, 2.45) is 23.7 Å². The van der Waals surface area contributed by atoms with Crippen LogP contribution in [0, 0.1) is 33.8 Å². The van der Waals surface area contributed by atoms with Crippen LogP contribution in [0.5, 0.6) is 0 Å². The van der Waals surface area contributed by atoms with E-state index >= 15 is 0 Å². The average molecular weight is 625 g/mol. The highest BCUT2D eigenvalue weighted by molar-refractivity contribution is 6.23. The zero-order chi connectivity index (χ0) is 31.6. The molecule has 1 spiro atoms. The molecule has 47 heavy (non-hydrogen) atoms. The van der Waals surface area contributed by atoms with Crippen LogP contribution in [0.1, 0.15) is 56.3 Å². The molecule has 8 heteroatoms. The van der Waals surface area contributed by atoms with Gasteiger partial charge in [0.05, 0.1) is 29.1 Å². The van der Waals surface area contributed by atoms with E-state index in [1.165, 1.54) is 51.4 Å². The quantitative estimate of drug-likeness (QED) is 0.157. The largest absolute Gasteiger partial charge is 0.352 e. The Balaban J connectivity index is 1.10. The molecule has 11 rings (SSSR count). The smallest absolute Gasteiger partial charge is 0.269 e. The van der Waals surface area contributed by atoms with Gasteiger partial charge in [-0.2, -0.15) is 0 Å². The second-order valence-electron chi connectivity index (χ2n) is 14.2. The van der Waals surface area contributed by atoms with Crippen molar-refractivity contribution in [3.05, 3.63) is 140 Å². The number of anilines is 1. The molecule has 7 aliphatic rings. The first kappa shape index (κ1) is 27.5. The fourth-order valence-corrected chi connectivity index (χ4v) is 10.3. The molecule has 4 bridgehead atoms. The molecule has 7 atom stereocenters. The Kier molecular flexibility index (Phi) is 5.66. The van der Waals surface area contributed by atoms with Crippen molar-refractivity contribution in [3.63, 3.8) is 0 Å². The maximum atomic E-state index is 14.3. The van der Waals surface area contributed by atoms with E-state index < -0.39 is 16.8 Å². The number of rotatable bonds is 2. The summed E-state index contributed by atoms with van der Waals surface area (Å²) >= 11 is 0. The van der Waals surface area contributed by atoms with Gasteiger partial charge in [0.15, 0.2) is 0 Å². The van der Waals surface area contributed by atoms with Crippen molar-refractivity contribution < 1.29 is 24.0 Å². The highest BCUT2D eigenvalue weighted by atomic mass is 16.7. The Morgan fingerprint density at radius 3 is 1.68 bits per heavy atom. The number of hydrogen-bond donors (Lipinski definition) is 0. The van der Waals surface area contributed by atoms with Gasteiger partial charge in [-0.25, -0.2) is 4.90 Å². The number of imide groups is 1. The minimum atomic E-state index is -0.527. The molecule has 2 aliphatic heterocycles. The van der Waals surface area contributed by atoms with Crippen LogP contribution in [-0.2, 0) is 44.7 Å². The van der Waals surface area contributed by atoms with Crippen LogP contribution in [0.25, 0.3) is 0 Å². The fraction of sp³-hybridized carbons (Fsp3) is 0.333. The second-order valence-corrected chi connectivity index (χ2v) is 14.2. The second kappa shape index (κ2) is 9.69. The molecule has 2 saturated heterocycles. The number of nitro benzene ring substituents is 1. The first-order valence-electron chi connectivity index (χ1n) is 16.6. The van der Waals surface area contributed by atoms with Gasteiger partial charge in [-0.15, -0.1) is 0 Å². The Bertz CT molecular complexity index is 1920. The minimum Gasteiger partial charge on any atom is -0.352 e. The van der Waals surface area contributed by atoms with E-state index in [0.717, 1.165) is 47.9 Å². The molecular weight excluding hydrogens is 592 g/mol. The van der Waals surface area contributed by atoms with Crippen LogP contribution in [-0.4, -0.2) is 35.7 Å². The van der Waals surface area contributed by atoms with Gasteiger partial charge < -0.3 is 9.47 Å². The third kappa shape index (κ3) is 3.65. The molecule has 0 radical (unpaired) electrons. The number of amides is 2. The number of ether oxygens (including phenoxy) is 2. The van der Waals surface area contributed by atoms with Crippen LogP contribution in [0.4, 0.5) is 11.4 Å². The van der Waals surface area contributed by atoms with E-state index in [9.17, 15) is 19.7 Å². The third-order valence-corrected chi connectivity index (χ3v) is 12.3. The first-order valence-corrected chi connectivity index (χ1v) is 16.6. The van der Waals surface area contributed by atoms with E-state index in [1.807, 2.05) is 12.1 Å². The lowest BCUT2D eigenvalue weighted by atomic mass is 9.54. The summed E-state index contributed by atoms with van der Waals surface area (Å²) in [6, 6.07) is 27.6. The van der Waals surface area contributed by atoms with E-state index in [-0.39, 0.29) is 46.8 Å². The highest BCUT2D eigenvalue weighted by Crippen LogP contribution is 2.62. The molecule has 1 unspecified atom stereocenters. The lowest BCUT2D eigenvalue weighted by Crippen LogP contribution is -2.48. The van der Waals surface area contributed by atoms with E-state index in [2.05, 4.69) is 48.5 Å². The molecule has 4 aromatic carbocycles. The summed E-state index contributed by atoms with van der Waals surface area (Å²) in [6.45, 7) is 0.931. The molecule has 0 saturated carbocycles. The van der Waals surface area contributed by atoms with Crippen molar-refractivity contribution in [1.82, 2.24) is 0 Å². The summed E-state index contributed by atoms with van der Waals surface area (Å²) < 4.78 is 12.6. The van der Waals surface area contributed by atoms with Gasteiger partial charge in [0.25, 0.3) is 5.69 Å². The fourth-order valence-electron chi connectivity index (χ4n) is 10.3. The van der Waals surface area contributed by atoms with Gasteiger partial charge in [-0.1, -0.05) is 60.7 Å². The van der Waals surface area contributed by atoms with Gasteiger partial charge in [-0.05, 0) is 94.2 Å². The highest BCUT2D eigenvalue weighted by Gasteiger charge is 2.62. The maximum Gasteiger partial charge on any atom is 0.269 e. The van der Waals surface area contributed by atoms with Crippen LogP contribution >= 0.6 is 0 Å². The van der Waals surface area contributed by atoms with Crippen molar-refractivity contribution in [3.8, 4) is 0 Å². The van der Waals surface area contributed by atoms with Crippen LogP contribution in [0.2, 0.25) is 0 Å². The third-order valence-electron chi connectivity index (χ3n) is 12.3. The number of benzene rings is 4. The van der Waals surface area contributed by atoms with Gasteiger partial charge in [0.1, 0.15) is 12.4 Å². The zero-order valence-corrected chi connectivity index (χ0v) is 25.6. The van der Waals surface area contributed by atoms with Crippen molar-refractivity contribution in [1.29, 1.82) is 0 Å². The predicted octanol–water partition coefficient (Wildman–Crippen LogP) is 5.86. The molecule has 4 aromatic rings. The Morgan fingerprint density at radius 2 is 1.19 bits per heavy atom. The molecule has 234 valence electrons. The summed E-state index contributed by atoms with van der Waals surface area (Å²) in [5, 5.41) is 11.3. The van der Waals surface area contributed by atoms with E-state index in [0.29, 0.717) is 19.1 Å². The number of hydrogen-bond acceptors (Lipinski definition) is 6. The Labute approximate surface area is 271 Å². The topological polar surface area (TPSA) is 99.0 Å². The lowest BCUT2D eigenvalue weighted by Gasteiger charge is -2.46. The maximum absolute atomic E-state index is 14.3. The van der Waals surface area contributed by atoms with Crippen LogP contribution < -0.4 is 4.90 Å². The minimum absolute atomic E-state index is 0.0772. The van der Waals surface area contributed by atoms with Crippen molar-refractivity contribution >= 4 is 23.2 Å². The number of nitro groups is 1. The van der Waals surface area contributed by atoms with Crippen molar-refractivity contribution in [2.45, 2.75) is 43.1 Å². The average Bonchev–Trinajstić information content (AvgIpc) is 3.62. The summed E-state index contributed by atoms with van der Waals surface area (Å²) in [6.07, 6.45) is 3.60. The molecular formula is C39H32N2O6. The Hall–Kier alpha value is -4.66. The number of carbonyl (C=O) groups excluding carboxylic acids is 2. The normalized spacial score (nSPS) is 31.0. The summed E-state index contributed by atoms with van der Waals surface area (Å²) in [5.74, 6) is -1.48. The van der Waals surface area contributed by atoms with Gasteiger partial charge in [0, 0.05) is 24.0 Å². The summed E-state index contributed by atoms with van der Waals surface area (Å²) in [7, 11) is 0. The van der Waals surface area contributed by atoms with Gasteiger partial charge >= 0.3 is 0 Å². The standard InChI is InChI=1S/C39H32N2O6/c42-37-35-33-29-7-3-4-8-30(29)34(36(35)38(43)40(37)27-9-11-28(12-10-27)41(44)45)32-18-24-16-26-14-22-6-2-1-5-21(22)13-25(15-23(24)17-31(32)33)39(26)19-46-20-47-39/h1-12,17-18,25-26,33-36H,13-16,19-20H2/t25-,26+,33+,34-,35+,36-,39?. The van der Waals surface area contributed by atoms with E-state index in [4.69, 9.17) is 9.47 Å². The monoisotopic (exact) mass is 624 g/mol. The molecule has 2 heterocycles. The molecule has 5 aliphatic carbocycles. The molecule has 0 aromatic heterocycles. The number of nitrogens with zero attached hydrogens (tertiary/aromatic N) is 2. The van der Waals surface area contributed by atoms with Crippen LogP contribution in [0.3, 0.4) is 0 Å². The van der Waals surface area contributed by atoms with E-state index in [1.54, 1.807) is 0 Å². The number of fused-ring (bicyclic) bond motifs is 2. The summed E-state index contributed by atoms with van der Waals surface area (Å²) in [5.41, 5.74) is 9.95. The van der Waals surface area contributed by atoms with Gasteiger partial charge in [-0.3, -0.25) is 19.7 Å².